The zero-order valence-corrected chi connectivity index (χ0v) is 19.8. The highest BCUT2D eigenvalue weighted by Gasteiger charge is 2.14. The predicted molar refractivity (Wildman–Crippen MR) is 124 cm³/mol. The van der Waals surface area contributed by atoms with Crippen molar-refractivity contribution in [2.24, 2.45) is 4.99 Å². The zero-order valence-electron chi connectivity index (χ0n) is 15.1. The van der Waals surface area contributed by atoms with E-state index in [9.17, 15) is 8.42 Å². The summed E-state index contributed by atoms with van der Waals surface area (Å²) < 4.78 is 27.0. The minimum atomic E-state index is -3.45. The number of benzene rings is 1. The van der Waals surface area contributed by atoms with E-state index < -0.39 is 10.0 Å². The van der Waals surface area contributed by atoms with Crippen molar-refractivity contribution in [3.8, 4) is 0 Å². The maximum Gasteiger partial charge on any atom is 0.250 e. The van der Waals surface area contributed by atoms with Crippen LogP contribution in [0, 0.1) is 0 Å². The van der Waals surface area contributed by atoms with E-state index in [2.05, 4.69) is 20.3 Å². The van der Waals surface area contributed by atoms with Crippen LogP contribution in [0.2, 0.25) is 5.02 Å². The highest BCUT2D eigenvalue weighted by atomic mass is 127. The molecule has 0 spiro atoms. The first-order valence-corrected chi connectivity index (χ1v) is 11.0. The van der Waals surface area contributed by atoms with Gasteiger partial charge in [-0.25, -0.2) is 13.1 Å². The molecular formula is C17H24ClIN4O2S2. The monoisotopic (exact) mass is 542 g/mol. The Hall–Kier alpha value is -0.880. The van der Waals surface area contributed by atoms with Crippen molar-refractivity contribution in [1.82, 2.24) is 15.4 Å². The van der Waals surface area contributed by atoms with Crippen LogP contribution in [-0.2, 0) is 10.0 Å². The third-order valence-electron chi connectivity index (χ3n) is 3.50. The quantitative estimate of drug-likeness (QED) is 0.206. The summed E-state index contributed by atoms with van der Waals surface area (Å²) in [6, 6.07) is 10.9. The van der Waals surface area contributed by atoms with E-state index in [1.165, 1.54) is 11.3 Å². The molecule has 0 amide bonds. The fraction of sp³-hybridized carbons (Fsp3) is 0.353. The van der Waals surface area contributed by atoms with Crippen LogP contribution in [0.5, 0.6) is 0 Å². The van der Waals surface area contributed by atoms with E-state index in [0.29, 0.717) is 28.3 Å². The van der Waals surface area contributed by atoms with Crippen molar-refractivity contribution >= 4 is 62.9 Å². The fourth-order valence-corrected chi connectivity index (χ4v) is 4.38. The van der Waals surface area contributed by atoms with Crippen molar-refractivity contribution in [3.63, 3.8) is 0 Å². The minimum absolute atomic E-state index is 0. The summed E-state index contributed by atoms with van der Waals surface area (Å²) in [5, 5.41) is 8.89. The van der Waals surface area contributed by atoms with Crippen LogP contribution >= 0.6 is 46.9 Å². The molecule has 2 rings (SSSR count). The molecule has 3 N–H and O–H groups in total. The van der Waals surface area contributed by atoms with E-state index in [-0.39, 0.29) is 36.6 Å². The Bertz CT molecular complexity index is 812. The van der Waals surface area contributed by atoms with Crippen molar-refractivity contribution in [2.75, 3.05) is 19.6 Å². The van der Waals surface area contributed by atoms with Gasteiger partial charge in [-0.05, 0) is 43.0 Å². The average Bonchev–Trinajstić information content (AvgIpc) is 3.15. The summed E-state index contributed by atoms with van der Waals surface area (Å²) in [4.78, 5) is 4.43. The maximum atomic E-state index is 12.1. The molecule has 1 unspecified atom stereocenters. The number of aliphatic imine (C=N–C) groups is 1. The number of hydrogen-bond donors (Lipinski definition) is 3. The second-order valence-corrected chi connectivity index (χ2v) is 8.89. The molecule has 0 bridgehead atoms. The molecule has 1 aromatic heterocycles. The molecule has 150 valence electrons. The molecule has 0 radical (unpaired) electrons. The van der Waals surface area contributed by atoms with Crippen LogP contribution < -0.4 is 15.4 Å². The Morgan fingerprint density at radius 3 is 2.56 bits per heavy atom. The summed E-state index contributed by atoms with van der Waals surface area (Å²) in [6.07, 6.45) is 0. The first-order valence-electron chi connectivity index (χ1n) is 8.26. The first kappa shape index (κ1) is 24.2. The van der Waals surface area contributed by atoms with Crippen LogP contribution in [0.15, 0.2) is 51.0 Å². The van der Waals surface area contributed by atoms with E-state index in [1.54, 1.807) is 17.5 Å². The lowest BCUT2D eigenvalue weighted by molar-refractivity contribution is 0.584. The van der Waals surface area contributed by atoms with Gasteiger partial charge in [-0.2, -0.15) is 0 Å². The van der Waals surface area contributed by atoms with Crippen molar-refractivity contribution in [1.29, 1.82) is 0 Å². The third-order valence-corrected chi connectivity index (χ3v) is 6.61. The lowest BCUT2D eigenvalue weighted by Gasteiger charge is -2.18. The van der Waals surface area contributed by atoms with Gasteiger partial charge < -0.3 is 10.6 Å². The van der Waals surface area contributed by atoms with E-state index in [1.807, 2.05) is 38.1 Å². The molecule has 27 heavy (non-hydrogen) atoms. The summed E-state index contributed by atoms with van der Waals surface area (Å²) in [7, 11) is -3.45. The van der Waals surface area contributed by atoms with Gasteiger partial charge in [-0.3, -0.25) is 4.99 Å². The molecule has 2 aromatic rings. The summed E-state index contributed by atoms with van der Waals surface area (Å²) in [5.41, 5.74) is 1.08. The van der Waals surface area contributed by atoms with Crippen molar-refractivity contribution in [2.45, 2.75) is 24.1 Å². The Morgan fingerprint density at radius 1 is 1.26 bits per heavy atom. The maximum absolute atomic E-state index is 12.1. The standard InChI is InChI=1S/C17H23ClN4O2S2.HI/c1-3-19-17(22-13(2)14-6-8-15(18)9-7-14)20-10-11-21-26(23,24)16-5-4-12-25-16;/h4-9,12-13,21H,3,10-11H2,1-2H3,(H2,19,20,22);1H. The summed E-state index contributed by atoms with van der Waals surface area (Å²) >= 11 is 7.11. The van der Waals surface area contributed by atoms with Gasteiger partial charge in [0.15, 0.2) is 5.96 Å². The normalized spacial score (nSPS) is 12.9. The molecule has 0 aliphatic carbocycles. The van der Waals surface area contributed by atoms with E-state index in [0.717, 1.165) is 5.56 Å². The van der Waals surface area contributed by atoms with Gasteiger partial charge in [0.05, 0.1) is 12.6 Å². The molecule has 1 atom stereocenters. The topological polar surface area (TPSA) is 82.6 Å². The first-order chi connectivity index (χ1) is 12.4. The van der Waals surface area contributed by atoms with E-state index in [4.69, 9.17) is 11.6 Å². The molecular weight excluding hydrogens is 519 g/mol. The zero-order chi connectivity index (χ0) is 19.0. The number of rotatable bonds is 8. The fourth-order valence-electron chi connectivity index (χ4n) is 2.20. The SMILES string of the molecule is CCNC(=NCCNS(=O)(=O)c1cccs1)NC(C)c1ccc(Cl)cc1.I. The van der Waals surface area contributed by atoms with Crippen LogP contribution in [0.4, 0.5) is 0 Å². The van der Waals surface area contributed by atoms with Crippen LogP contribution in [-0.4, -0.2) is 34.0 Å². The van der Waals surface area contributed by atoms with Gasteiger partial charge >= 0.3 is 0 Å². The highest BCUT2D eigenvalue weighted by Crippen LogP contribution is 2.16. The number of guanidine groups is 1. The smallest absolute Gasteiger partial charge is 0.250 e. The molecule has 1 heterocycles. The van der Waals surface area contributed by atoms with Gasteiger partial charge in [-0.15, -0.1) is 35.3 Å². The molecule has 10 heteroatoms. The summed E-state index contributed by atoms with van der Waals surface area (Å²) in [5.74, 6) is 0.630. The number of halogens is 2. The van der Waals surface area contributed by atoms with Crippen molar-refractivity contribution in [3.05, 3.63) is 52.4 Å². The van der Waals surface area contributed by atoms with Crippen LogP contribution in [0.1, 0.15) is 25.5 Å². The Labute approximate surface area is 186 Å². The number of sulfonamides is 1. The van der Waals surface area contributed by atoms with Crippen LogP contribution in [0.3, 0.4) is 0 Å². The Balaban J connectivity index is 0.00000364. The molecule has 0 saturated heterocycles. The van der Waals surface area contributed by atoms with E-state index >= 15 is 0 Å². The minimum Gasteiger partial charge on any atom is -0.357 e. The second kappa shape index (κ2) is 11.8. The molecule has 0 saturated carbocycles. The average molecular weight is 543 g/mol. The van der Waals surface area contributed by atoms with Crippen LogP contribution in [0.25, 0.3) is 0 Å². The Kier molecular flexibility index (Phi) is 10.6. The third kappa shape index (κ3) is 7.94. The lowest BCUT2D eigenvalue weighted by Crippen LogP contribution is -2.39. The lowest BCUT2D eigenvalue weighted by atomic mass is 10.1. The number of nitrogens with one attached hydrogen (secondary N) is 3. The molecule has 0 aliphatic rings. The largest absolute Gasteiger partial charge is 0.357 e. The van der Waals surface area contributed by atoms with Gasteiger partial charge in [0, 0.05) is 18.1 Å². The summed E-state index contributed by atoms with van der Waals surface area (Å²) in [6.45, 7) is 5.26. The second-order valence-electron chi connectivity index (χ2n) is 5.51. The number of thiophene rings is 1. The van der Waals surface area contributed by atoms with Gasteiger partial charge in [0.1, 0.15) is 4.21 Å². The number of nitrogens with zero attached hydrogens (tertiary/aromatic N) is 1. The molecule has 0 fully saturated rings. The molecule has 0 aliphatic heterocycles. The number of hydrogen-bond acceptors (Lipinski definition) is 4. The molecule has 6 nitrogen and oxygen atoms in total. The predicted octanol–water partition coefficient (Wildman–Crippen LogP) is 3.61. The molecule has 1 aromatic carbocycles. The van der Waals surface area contributed by atoms with Gasteiger partial charge in [-0.1, -0.05) is 29.8 Å². The van der Waals surface area contributed by atoms with Crippen molar-refractivity contribution < 1.29 is 8.42 Å². The van der Waals surface area contributed by atoms with Gasteiger partial charge in [0.2, 0.25) is 10.0 Å². The Morgan fingerprint density at radius 2 is 1.96 bits per heavy atom. The van der Waals surface area contributed by atoms with Gasteiger partial charge in [0.25, 0.3) is 0 Å². The highest BCUT2D eigenvalue weighted by molar-refractivity contribution is 14.0.